The van der Waals surface area contributed by atoms with Crippen LogP contribution in [0.25, 0.3) is 0 Å². The minimum absolute atomic E-state index is 0.0310. The van der Waals surface area contributed by atoms with E-state index in [1.165, 1.54) is 12.1 Å². The maximum absolute atomic E-state index is 13.1. The highest BCUT2D eigenvalue weighted by Gasteiger charge is 2.58. The number of alkyl halides is 3. The van der Waals surface area contributed by atoms with Crippen LogP contribution in [0.1, 0.15) is 24.0 Å². The molecule has 1 aromatic rings. The molecular formula is C17H19F3N2O. The van der Waals surface area contributed by atoms with E-state index < -0.39 is 17.3 Å². The van der Waals surface area contributed by atoms with E-state index in [0.717, 1.165) is 32.0 Å². The van der Waals surface area contributed by atoms with Crippen molar-refractivity contribution in [1.82, 2.24) is 10.6 Å². The molecule has 23 heavy (non-hydrogen) atoms. The third-order valence-corrected chi connectivity index (χ3v) is 5.49. The molecule has 0 spiro atoms. The predicted octanol–water partition coefficient (Wildman–Crippen LogP) is 2.36. The molecule has 1 unspecified atom stereocenters. The minimum Gasteiger partial charge on any atom is -0.350 e. The van der Waals surface area contributed by atoms with Crippen LogP contribution in [0.15, 0.2) is 24.3 Å². The Kier molecular flexibility index (Phi) is 3.24. The third-order valence-electron chi connectivity index (χ3n) is 5.49. The molecule has 0 radical (unpaired) electrons. The first-order valence-corrected chi connectivity index (χ1v) is 8.07. The number of amides is 1. The summed E-state index contributed by atoms with van der Waals surface area (Å²) in [5.74, 6) is 0.941. The second-order valence-electron chi connectivity index (χ2n) is 7.11. The highest BCUT2D eigenvalue weighted by Crippen LogP contribution is 2.50. The van der Waals surface area contributed by atoms with Gasteiger partial charge in [0.1, 0.15) is 0 Å². The van der Waals surface area contributed by atoms with Crippen molar-refractivity contribution in [2.45, 2.75) is 31.0 Å². The average molecular weight is 324 g/mol. The van der Waals surface area contributed by atoms with Crippen LogP contribution in [0.2, 0.25) is 0 Å². The van der Waals surface area contributed by atoms with Crippen LogP contribution in [-0.4, -0.2) is 24.5 Å². The number of piperidine rings is 1. The van der Waals surface area contributed by atoms with Crippen LogP contribution < -0.4 is 10.6 Å². The SMILES string of the molecule is O=C(NC1(Cc2ccccc2C(F)(F)F)CC1)[C@H]1C2CNC[C@@H]21. The monoisotopic (exact) mass is 324 g/mol. The number of nitrogens with one attached hydrogen (secondary N) is 2. The maximum Gasteiger partial charge on any atom is 0.416 e. The Morgan fingerprint density at radius 2 is 1.87 bits per heavy atom. The molecule has 0 aromatic heterocycles. The van der Waals surface area contributed by atoms with Gasteiger partial charge in [0.05, 0.1) is 5.56 Å². The van der Waals surface area contributed by atoms with E-state index in [1.54, 1.807) is 6.07 Å². The molecular weight excluding hydrogens is 305 g/mol. The number of carbonyl (C=O) groups is 1. The first-order valence-electron chi connectivity index (χ1n) is 8.07. The van der Waals surface area contributed by atoms with Gasteiger partial charge in [0.25, 0.3) is 0 Å². The molecule has 4 rings (SSSR count). The Morgan fingerprint density at radius 1 is 1.22 bits per heavy atom. The predicted molar refractivity (Wildman–Crippen MR) is 78.6 cm³/mol. The summed E-state index contributed by atoms with van der Waals surface area (Å²) in [4.78, 5) is 12.4. The molecule has 1 heterocycles. The van der Waals surface area contributed by atoms with Crippen LogP contribution in [-0.2, 0) is 17.4 Å². The van der Waals surface area contributed by atoms with Gasteiger partial charge in [0.15, 0.2) is 0 Å². The van der Waals surface area contributed by atoms with Crippen molar-refractivity contribution >= 4 is 5.91 Å². The van der Waals surface area contributed by atoms with E-state index >= 15 is 0 Å². The topological polar surface area (TPSA) is 41.1 Å². The largest absolute Gasteiger partial charge is 0.416 e. The Hall–Kier alpha value is -1.56. The van der Waals surface area contributed by atoms with Crippen LogP contribution in [0.5, 0.6) is 0 Å². The highest BCUT2D eigenvalue weighted by molar-refractivity contribution is 5.83. The van der Waals surface area contributed by atoms with E-state index in [9.17, 15) is 18.0 Å². The third kappa shape index (κ3) is 2.73. The van der Waals surface area contributed by atoms with Gasteiger partial charge in [-0.2, -0.15) is 13.2 Å². The normalized spacial score (nSPS) is 30.7. The van der Waals surface area contributed by atoms with Crippen molar-refractivity contribution in [3.8, 4) is 0 Å². The summed E-state index contributed by atoms with van der Waals surface area (Å²) in [6, 6.07) is 5.66. The standard InChI is InChI=1S/C17H19F3N2O/c18-17(19,20)13-4-2-1-3-10(13)7-16(5-6-16)22-15(23)14-11-8-21-9-12(11)14/h1-4,11-12,14,21H,5-9H2,(H,22,23)/t11-,12?,14+/m0/s1. The van der Waals surface area contributed by atoms with Crippen molar-refractivity contribution in [3.63, 3.8) is 0 Å². The van der Waals surface area contributed by atoms with Gasteiger partial charge >= 0.3 is 6.18 Å². The fourth-order valence-corrected chi connectivity index (χ4v) is 3.96. The Balaban J connectivity index is 1.46. The number of halogens is 3. The molecule has 3 fully saturated rings. The quantitative estimate of drug-likeness (QED) is 0.893. The first kappa shape index (κ1) is 15.0. The fourth-order valence-electron chi connectivity index (χ4n) is 3.96. The fraction of sp³-hybridized carbons (Fsp3) is 0.588. The van der Waals surface area contributed by atoms with Gasteiger partial charge in [-0.3, -0.25) is 4.79 Å². The molecule has 3 nitrogen and oxygen atoms in total. The van der Waals surface area contributed by atoms with Crippen LogP contribution >= 0.6 is 0 Å². The van der Waals surface area contributed by atoms with Gasteiger partial charge in [0, 0.05) is 11.5 Å². The molecule has 2 aliphatic carbocycles. The molecule has 6 heteroatoms. The number of hydrogen-bond donors (Lipinski definition) is 2. The zero-order valence-electron chi connectivity index (χ0n) is 12.6. The van der Waals surface area contributed by atoms with Crippen molar-refractivity contribution in [3.05, 3.63) is 35.4 Å². The molecule has 1 amide bonds. The Morgan fingerprint density at radius 3 is 2.48 bits per heavy atom. The number of fused-ring (bicyclic) bond motifs is 1. The lowest BCUT2D eigenvalue weighted by Crippen LogP contribution is -2.41. The van der Waals surface area contributed by atoms with E-state index in [0.29, 0.717) is 11.8 Å². The van der Waals surface area contributed by atoms with Crippen molar-refractivity contribution < 1.29 is 18.0 Å². The van der Waals surface area contributed by atoms with E-state index in [1.807, 2.05) is 0 Å². The van der Waals surface area contributed by atoms with E-state index in [-0.39, 0.29) is 23.8 Å². The first-order chi connectivity index (χ1) is 10.9. The lowest BCUT2D eigenvalue weighted by atomic mass is 9.98. The lowest BCUT2D eigenvalue weighted by Gasteiger charge is -2.21. The van der Waals surface area contributed by atoms with Gasteiger partial charge < -0.3 is 10.6 Å². The van der Waals surface area contributed by atoms with Crippen LogP contribution in [0.3, 0.4) is 0 Å². The highest BCUT2D eigenvalue weighted by atomic mass is 19.4. The van der Waals surface area contributed by atoms with Crippen molar-refractivity contribution in [2.24, 2.45) is 17.8 Å². The van der Waals surface area contributed by atoms with Gasteiger partial charge in [-0.15, -0.1) is 0 Å². The molecule has 3 aliphatic rings. The Bertz CT molecular complexity index is 629. The summed E-state index contributed by atoms with van der Waals surface area (Å²) in [5, 5.41) is 6.30. The van der Waals surface area contributed by atoms with Crippen molar-refractivity contribution in [2.75, 3.05) is 13.1 Å². The zero-order chi connectivity index (χ0) is 16.2. The molecule has 124 valence electrons. The van der Waals surface area contributed by atoms with Gasteiger partial charge in [0.2, 0.25) is 5.91 Å². The summed E-state index contributed by atoms with van der Waals surface area (Å²) >= 11 is 0. The Labute approximate surface area is 132 Å². The van der Waals surface area contributed by atoms with Gasteiger partial charge in [-0.1, -0.05) is 18.2 Å². The summed E-state index contributed by atoms with van der Waals surface area (Å²) in [5.41, 5.74) is -0.786. The molecule has 1 aliphatic heterocycles. The van der Waals surface area contributed by atoms with Crippen molar-refractivity contribution in [1.29, 1.82) is 0 Å². The molecule has 1 saturated heterocycles. The summed E-state index contributed by atoms with van der Waals surface area (Å²) in [6.07, 6.45) is -2.58. The van der Waals surface area contributed by atoms with Gasteiger partial charge in [-0.05, 0) is 55.8 Å². The minimum atomic E-state index is -4.35. The molecule has 2 N–H and O–H groups in total. The molecule has 3 atom stereocenters. The maximum atomic E-state index is 13.1. The number of benzene rings is 1. The van der Waals surface area contributed by atoms with E-state index in [4.69, 9.17) is 0 Å². The average Bonchev–Trinajstić information content (AvgIpc) is 3.35. The van der Waals surface area contributed by atoms with Crippen LogP contribution in [0.4, 0.5) is 13.2 Å². The molecule has 1 aromatic carbocycles. The smallest absolute Gasteiger partial charge is 0.350 e. The molecule has 2 saturated carbocycles. The second-order valence-corrected chi connectivity index (χ2v) is 7.11. The molecule has 0 bridgehead atoms. The summed E-state index contributed by atoms with van der Waals surface area (Å²) in [6.45, 7) is 1.76. The summed E-state index contributed by atoms with van der Waals surface area (Å²) in [7, 11) is 0. The number of carbonyl (C=O) groups excluding carboxylic acids is 1. The van der Waals surface area contributed by atoms with E-state index in [2.05, 4.69) is 10.6 Å². The number of rotatable bonds is 4. The second kappa shape index (κ2) is 4.97. The zero-order valence-corrected chi connectivity index (χ0v) is 12.6. The summed E-state index contributed by atoms with van der Waals surface area (Å²) < 4.78 is 39.3. The number of hydrogen-bond acceptors (Lipinski definition) is 2. The lowest BCUT2D eigenvalue weighted by molar-refractivity contribution is -0.138. The van der Waals surface area contributed by atoms with Gasteiger partial charge in [-0.25, -0.2) is 0 Å². The van der Waals surface area contributed by atoms with Crippen LogP contribution in [0, 0.1) is 17.8 Å².